The van der Waals surface area contributed by atoms with Gasteiger partial charge in [0.1, 0.15) is 29.5 Å². The Kier molecular flexibility index (Phi) is 5.13. The summed E-state index contributed by atoms with van der Waals surface area (Å²) in [6.45, 7) is 6.26. The van der Waals surface area contributed by atoms with Gasteiger partial charge >= 0.3 is 12.2 Å². The minimum atomic E-state index is -0.621. The topological polar surface area (TPSA) is 74.0 Å². The van der Waals surface area contributed by atoms with Crippen molar-refractivity contribution >= 4 is 6.09 Å². The Morgan fingerprint density at radius 1 is 1.38 bits per heavy atom. The Bertz CT molecular complexity index is 757. The second kappa shape index (κ2) is 7.33. The van der Waals surface area contributed by atoms with Crippen molar-refractivity contribution in [3.05, 3.63) is 42.0 Å². The van der Waals surface area contributed by atoms with E-state index in [0.717, 1.165) is 0 Å². The third-order valence-electron chi connectivity index (χ3n) is 3.65. The SMILES string of the molecule is CC(C)(C)OC(=O)N1CCO[C@H](c2cc(Oc3ncco3)ccc2F)C1. The Morgan fingerprint density at radius 3 is 2.88 bits per heavy atom. The molecule has 0 radical (unpaired) electrons. The molecule has 0 N–H and O–H groups in total. The molecular weight excluding hydrogens is 343 g/mol. The van der Waals surface area contributed by atoms with Gasteiger partial charge in [-0.15, -0.1) is 0 Å². The number of halogens is 1. The summed E-state index contributed by atoms with van der Waals surface area (Å²) >= 11 is 0. The van der Waals surface area contributed by atoms with Gasteiger partial charge in [-0.3, -0.25) is 0 Å². The Hall–Kier alpha value is -2.61. The summed E-state index contributed by atoms with van der Waals surface area (Å²) in [7, 11) is 0. The number of morpholine rings is 1. The van der Waals surface area contributed by atoms with Crippen LogP contribution < -0.4 is 4.74 Å². The molecule has 3 rings (SSSR count). The third-order valence-corrected chi connectivity index (χ3v) is 3.65. The molecule has 7 nitrogen and oxygen atoms in total. The molecule has 0 unspecified atom stereocenters. The molecule has 1 fully saturated rings. The number of carbonyl (C=O) groups excluding carboxylic acids is 1. The number of hydrogen-bond donors (Lipinski definition) is 0. The minimum Gasteiger partial charge on any atom is -0.444 e. The first-order valence-electron chi connectivity index (χ1n) is 8.28. The fourth-order valence-corrected chi connectivity index (χ4v) is 2.52. The molecule has 26 heavy (non-hydrogen) atoms. The smallest absolute Gasteiger partial charge is 0.410 e. The molecule has 0 bridgehead atoms. The zero-order valence-corrected chi connectivity index (χ0v) is 14.9. The molecule has 1 atom stereocenters. The van der Waals surface area contributed by atoms with Gasteiger partial charge in [-0.1, -0.05) is 0 Å². The number of benzene rings is 1. The molecule has 0 saturated carbocycles. The minimum absolute atomic E-state index is 0.0579. The molecule has 1 aliphatic heterocycles. The second-order valence-corrected chi connectivity index (χ2v) is 6.87. The van der Waals surface area contributed by atoms with E-state index in [2.05, 4.69) is 4.98 Å². The maximum atomic E-state index is 14.3. The normalized spacial score (nSPS) is 17.8. The summed E-state index contributed by atoms with van der Waals surface area (Å²) in [5.41, 5.74) is -0.303. The second-order valence-electron chi connectivity index (χ2n) is 6.87. The molecule has 1 aromatic carbocycles. The number of carbonyl (C=O) groups is 1. The Labute approximate surface area is 150 Å². The van der Waals surface area contributed by atoms with E-state index in [1.54, 1.807) is 20.8 Å². The largest absolute Gasteiger partial charge is 0.444 e. The molecule has 0 spiro atoms. The van der Waals surface area contributed by atoms with Crippen molar-refractivity contribution in [1.82, 2.24) is 9.88 Å². The summed E-state index contributed by atoms with van der Waals surface area (Å²) < 4.78 is 35.8. The average Bonchev–Trinajstić information content (AvgIpc) is 3.08. The lowest BCUT2D eigenvalue weighted by Crippen LogP contribution is -2.44. The quantitative estimate of drug-likeness (QED) is 0.822. The van der Waals surface area contributed by atoms with E-state index < -0.39 is 23.6 Å². The predicted molar refractivity (Wildman–Crippen MR) is 89.5 cm³/mol. The first-order valence-corrected chi connectivity index (χ1v) is 8.28. The summed E-state index contributed by atoms with van der Waals surface area (Å²) in [4.78, 5) is 17.6. The lowest BCUT2D eigenvalue weighted by atomic mass is 10.1. The van der Waals surface area contributed by atoms with Gasteiger partial charge in [0.05, 0.1) is 19.3 Å². The fourth-order valence-electron chi connectivity index (χ4n) is 2.52. The molecule has 1 amide bonds. The van der Waals surface area contributed by atoms with Crippen molar-refractivity contribution in [2.45, 2.75) is 32.5 Å². The highest BCUT2D eigenvalue weighted by atomic mass is 19.1. The lowest BCUT2D eigenvalue weighted by molar-refractivity contribution is -0.0444. The van der Waals surface area contributed by atoms with Gasteiger partial charge in [-0.2, -0.15) is 4.98 Å². The van der Waals surface area contributed by atoms with Crippen molar-refractivity contribution in [3.63, 3.8) is 0 Å². The van der Waals surface area contributed by atoms with Crippen molar-refractivity contribution < 1.29 is 27.8 Å². The van der Waals surface area contributed by atoms with Crippen LogP contribution in [0.4, 0.5) is 9.18 Å². The zero-order valence-electron chi connectivity index (χ0n) is 14.9. The van der Waals surface area contributed by atoms with E-state index in [1.165, 1.54) is 35.6 Å². The Balaban J connectivity index is 1.74. The molecule has 2 heterocycles. The molecule has 0 aliphatic carbocycles. The van der Waals surface area contributed by atoms with Crippen LogP contribution in [0.1, 0.15) is 32.4 Å². The number of nitrogens with zero attached hydrogens (tertiary/aromatic N) is 2. The van der Waals surface area contributed by atoms with Gasteiger partial charge in [0.2, 0.25) is 0 Å². The van der Waals surface area contributed by atoms with E-state index in [-0.39, 0.29) is 19.2 Å². The molecule has 1 aromatic heterocycles. The summed E-state index contributed by atoms with van der Waals surface area (Å²) in [5.74, 6) is -0.0809. The standard InChI is InChI=1S/C18H21FN2O5/c1-18(2,3)26-17(22)21-7-9-23-15(11-21)13-10-12(4-5-14(13)19)25-16-20-6-8-24-16/h4-6,8,10,15H,7,9,11H2,1-3H3/t15-/m0/s1. The maximum absolute atomic E-state index is 14.3. The van der Waals surface area contributed by atoms with Crippen molar-refractivity contribution in [1.29, 1.82) is 0 Å². The number of hydrogen-bond acceptors (Lipinski definition) is 6. The monoisotopic (exact) mass is 364 g/mol. The number of oxazole rings is 1. The summed E-state index contributed by atoms with van der Waals surface area (Å²) in [6, 6.07) is 4.27. The van der Waals surface area contributed by atoms with E-state index in [1.807, 2.05) is 0 Å². The van der Waals surface area contributed by atoms with Crippen LogP contribution in [0.25, 0.3) is 0 Å². The predicted octanol–water partition coefficient (Wildman–Crippen LogP) is 3.91. The van der Waals surface area contributed by atoms with E-state index >= 15 is 0 Å². The van der Waals surface area contributed by atoms with Crippen LogP contribution in [0.3, 0.4) is 0 Å². The van der Waals surface area contributed by atoms with Crippen LogP contribution in [0.5, 0.6) is 11.8 Å². The van der Waals surface area contributed by atoms with Crippen molar-refractivity contribution in [2.75, 3.05) is 19.7 Å². The van der Waals surface area contributed by atoms with Crippen LogP contribution in [-0.2, 0) is 9.47 Å². The van der Waals surface area contributed by atoms with Crippen LogP contribution in [0.15, 0.2) is 35.1 Å². The summed E-state index contributed by atoms with van der Waals surface area (Å²) in [5, 5.41) is 0. The molecule has 1 aliphatic rings. The highest BCUT2D eigenvalue weighted by molar-refractivity contribution is 5.68. The molecular formula is C18H21FN2O5. The molecule has 1 saturated heterocycles. The molecule has 2 aromatic rings. The van der Waals surface area contributed by atoms with Crippen molar-refractivity contribution in [2.24, 2.45) is 0 Å². The van der Waals surface area contributed by atoms with Gasteiger partial charge in [-0.05, 0) is 39.0 Å². The zero-order chi connectivity index (χ0) is 18.7. The lowest BCUT2D eigenvalue weighted by Gasteiger charge is -2.34. The first-order chi connectivity index (χ1) is 12.3. The van der Waals surface area contributed by atoms with Gasteiger partial charge in [0, 0.05) is 12.1 Å². The highest BCUT2D eigenvalue weighted by Crippen LogP contribution is 2.30. The number of amides is 1. The van der Waals surface area contributed by atoms with E-state index in [4.69, 9.17) is 18.6 Å². The molecule has 140 valence electrons. The van der Waals surface area contributed by atoms with Gasteiger partial charge in [0.15, 0.2) is 0 Å². The first kappa shape index (κ1) is 18.2. The maximum Gasteiger partial charge on any atom is 0.410 e. The van der Waals surface area contributed by atoms with Crippen LogP contribution in [0.2, 0.25) is 0 Å². The fraction of sp³-hybridized carbons (Fsp3) is 0.444. The third kappa shape index (κ3) is 4.51. The highest BCUT2D eigenvalue weighted by Gasteiger charge is 2.30. The van der Waals surface area contributed by atoms with Gasteiger partial charge in [0.25, 0.3) is 0 Å². The molecule has 8 heteroatoms. The van der Waals surface area contributed by atoms with Gasteiger partial charge in [-0.25, -0.2) is 9.18 Å². The summed E-state index contributed by atoms with van der Waals surface area (Å²) in [6.07, 6.45) is 1.82. The van der Waals surface area contributed by atoms with Crippen molar-refractivity contribution in [3.8, 4) is 11.8 Å². The average molecular weight is 364 g/mol. The van der Waals surface area contributed by atoms with E-state index in [0.29, 0.717) is 17.9 Å². The number of aromatic nitrogens is 1. The van der Waals surface area contributed by atoms with Gasteiger partial charge < -0.3 is 23.5 Å². The van der Waals surface area contributed by atoms with Crippen LogP contribution in [0, 0.1) is 5.82 Å². The van der Waals surface area contributed by atoms with Crippen LogP contribution >= 0.6 is 0 Å². The van der Waals surface area contributed by atoms with E-state index in [9.17, 15) is 9.18 Å². The number of ether oxygens (including phenoxy) is 3. The van der Waals surface area contributed by atoms with Crippen LogP contribution in [-0.4, -0.2) is 41.3 Å². The number of rotatable bonds is 3. The Morgan fingerprint density at radius 2 is 2.19 bits per heavy atom.